The first-order valence-electron chi connectivity index (χ1n) is 6.31. The van der Waals surface area contributed by atoms with Crippen LogP contribution in [-0.2, 0) is 6.42 Å². The van der Waals surface area contributed by atoms with Gasteiger partial charge in [0.15, 0.2) is 0 Å². The number of fused-ring (bicyclic) bond motifs is 1. The van der Waals surface area contributed by atoms with E-state index >= 15 is 0 Å². The van der Waals surface area contributed by atoms with Crippen LogP contribution in [0.3, 0.4) is 0 Å². The summed E-state index contributed by atoms with van der Waals surface area (Å²) in [5.41, 5.74) is 8.30. The Bertz CT molecular complexity index is 393. The number of benzene rings is 1. The van der Waals surface area contributed by atoms with E-state index in [2.05, 4.69) is 13.8 Å². The minimum absolute atomic E-state index is 0. The highest BCUT2D eigenvalue weighted by atomic mass is 16.2. The maximum absolute atomic E-state index is 11.8. The van der Waals surface area contributed by atoms with Crippen LogP contribution < -0.4 is 5.73 Å². The zero-order valence-electron chi connectivity index (χ0n) is 11.0. The molecule has 0 atom stereocenters. The van der Waals surface area contributed by atoms with Gasteiger partial charge in [-0.05, 0) is 37.1 Å². The van der Waals surface area contributed by atoms with Gasteiger partial charge in [0.05, 0.1) is 0 Å². The Morgan fingerprint density at radius 1 is 1.35 bits per heavy atom. The highest BCUT2D eigenvalue weighted by molar-refractivity contribution is 5.97. The summed E-state index contributed by atoms with van der Waals surface area (Å²) >= 11 is 0. The van der Waals surface area contributed by atoms with Crippen LogP contribution in [-0.4, -0.2) is 23.9 Å². The summed E-state index contributed by atoms with van der Waals surface area (Å²) in [5.74, 6) is 0.133. The highest BCUT2D eigenvalue weighted by Crippen LogP contribution is 2.20. The van der Waals surface area contributed by atoms with Gasteiger partial charge in [-0.25, -0.2) is 0 Å². The summed E-state index contributed by atoms with van der Waals surface area (Å²) in [7, 11) is 0. The van der Waals surface area contributed by atoms with E-state index in [-0.39, 0.29) is 7.33 Å². The van der Waals surface area contributed by atoms with Gasteiger partial charge in [0.1, 0.15) is 0 Å². The molecule has 3 nitrogen and oxygen atoms in total. The van der Waals surface area contributed by atoms with Gasteiger partial charge in [0.2, 0.25) is 0 Å². The SMILES string of the molecule is CCC.CCN1CCc2cc(N)ccc2C1=O.[HH]. The summed E-state index contributed by atoms with van der Waals surface area (Å²) in [6.45, 7) is 7.84. The fourth-order valence-electron chi connectivity index (χ4n) is 1.86. The minimum Gasteiger partial charge on any atom is -0.399 e. The Labute approximate surface area is 105 Å². The van der Waals surface area contributed by atoms with Crippen molar-refractivity contribution in [2.45, 2.75) is 33.6 Å². The Balaban J connectivity index is 0.000000660. The second-order valence-corrected chi connectivity index (χ2v) is 4.26. The Kier molecular flexibility index (Phi) is 5.01. The van der Waals surface area contributed by atoms with E-state index in [1.165, 1.54) is 6.42 Å². The molecule has 0 aliphatic carbocycles. The van der Waals surface area contributed by atoms with E-state index < -0.39 is 0 Å². The number of nitrogen functional groups attached to an aromatic ring is 1. The van der Waals surface area contributed by atoms with Gasteiger partial charge in [-0.15, -0.1) is 0 Å². The van der Waals surface area contributed by atoms with E-state index in [0.717, 1.165) is 36.3 Å². The molecule has 1 heterocycles. The van der Waals surface area contributed by atoms with Gasteiger partial charge in [-0.3, -0.25) is 4.79 Å². The largest absolute Gasteiger partial charge is 0.399 e. The summed E-state index contributed by atoms with van der Waals surface area (Å²) < 4.78 is 0. The summed E-state index contributed by atoms with van der Waals surface area (Å²) in [5, 5.41) is 0. The first-order chi connectivity index (χ1) is 8.13. The average Bonchev–Trinajstić information content (AvgIpc) is 2.30. The number of likely N-dealkylation sites (N-methyl/N-ethyl adjacent to an activating group) is 1. The predicted molar refractivity (Wildman–Crippen MR) is 74.2 cm³/mol. The van der Waals surface area contributed by atoms with Crippen LogP contribution in [0.1, 0.15) is 44.5 Å². The zero-order valence-corrected chi connectivity index (χ0v) is 11.0. The lowest BCUT2D eigenvalue weighted by Gasteiger charge is -2.27. The Hall–Kier alpha value is -1.51. The molecular weight excluding hydrogens is 212 g/mol. The number of amides is 1. The number of nitrogens with zero attached hydrogens (tertiary/aromatic N) is 1. The predicted octanol–water partition coefficient (Wildman–Crippen LogP) is 2.95. The van der Waals surface area contributed by atoms with Crippen molar-refractivity contribution >= 4 is 11.6 Å². The molecule has 0 fully saturated rings. The first-order valence-corrected chi connectivity index (χ1v) is 6.31. The van der Waals surface area contributed by atoms with Crippen molar-refractivity contribution in [3.05, 3.63) is 29.3 Å². The van der Waals surface area contributed by atoms with Gasteiger partial charge in [-0.2, -0.15) is 0 Å². The molecule has 3 heteroatoms. The van der Waals surface area contributed by atoms with Crippen molar-refractivity contribution in [3.63, 3.8) is 0 Å². The van der Waals surface area contributed by atoms with E-state index in [4.69, 9.17) is 5.73 Å². The summed E-state index contributed by atoms with van der Waals surface area (Å²) in [6.07, 6.45) is 2.17. The standard InChI is InChI=1S/C11H14N2O.C3H8.H2/c1-2-13-6-5-8-7-9(12)3-4-10(8)11(13)14;1-3-2;/h3-4,7H,2,5-6,12H2,1H3;3H2,1-2H3;1H. The third kappa shape index (κ3) is 3.22. The molecule has 1 amide bonds. The van der Waals surface area contributed by atoms with Gasteiger partial charge in [-0.1, -0.05) is 20.3 Å². The van der Waals surface area contributed by atoms with Crippen LogP contribution in [0.2, 0.25) is 0 Å². The van der Waals surface area contributed by atoms with Crippen LogP contribution in [0.4, 0.5) is 5.69 Å². The monoisotopic (exact) mass is 236 g/mol. The Morgan fingerprint density at radius 2 is 2.00 bits per heavy atom. The van der Waals surface area contributed by atoms with Gasteiger partial charge in [0, 0.05) is 25.8 Å². The average molecular weight is 236 g/mol. The van der Waals surface area contributed by atoms with E-state index in [9.17, 15) is 4.79 Å². The second kappa shape index (κ2) is 6.28. The quantitative estimate of drug-likeness (QED) is 0.762. The number of hydrogen-bond acceptors (Lipinski definition) is 2. The molecule has 1 aliphatic rings. The molecule has 0 unspecified atom stereocenters. The molecule has 0 radical (unpaired) electrons. The molecule has 0 saturated heterocycles. The maximum Gasteiger partial charge on any atom is 0.254 e. The first kappa shape index (κ1) is 13.6. The lowest BCUT2D eigenvalue weighted by Crippen LogP contribution is -2.37. The normalized spacial score (nSPS) is 13.8. The third-order valence-electron chi connectivity index (χ3n) is 2.68. The molecule has 17 heavy (non-hydrogen) atoms. The molecule has 1 aromatic carbocycles. The molecule has 1 aromatic rings. The van der Waals surface area contributed by atoms with Gasteiger partial charge < -0.3 is 10.6 Å². The molecule has 0 spiro atoms. The molecular formula is C14H24N2O. The number of anilines is 1. The topological polar surface area (TPSA) is 46.3 Å². The maximum atomic E-state index is 11.8. The summed E-state index contributed by atoms with van der Waals surface area (Å²) in [6, 6.07) is 5.52. The van der Waals surface area contributed by atoms with Crippen LogP contribution in [0.15, 0.2) is 18.2 Å². The number of carbonyl (C=O) groups is 1. The fourth-order valence-corrected chi connectivity index (χ4v) is 1.86. The van der Waals surface area contributed by atoms with Crippen LogP contribution in [0.25, 0.3) is 0 Å². The molecule has 2 rings (SSSR count). The van der Waals surface area contributed by atoms with Crippen molar-refractivity contribution < 1.29 is 6.22 Å². The number of hydrogen-bond donors (Lipinski definition) is 1. The smallest absolute Gasteiger partial charge is 0.254 e. The van der Waals surface area contributed by atoms with E-state index in [1.54, 1.807) is 6.07 Å². The van der Waals surface area contributed by atoms with E-state index in [0.29, 0.717) is 0 Å². The minimum atomic E-state index is 0. The molecule has 0 bridgehead atoms. The van der Waals surface area contributed by atoms with Crippen molar-refractivity contribution in [1.82, 2.24) is 4.90 Å². The van der Waals surface area contributed by atoms with Crippen LogP contribution >= 0.6 is 0 Å². The molecule has 96 valence electrons. The van der Waals surface area contributed by atoms with Crippen LogP contribution in [0.5, 0.6) is 0 Å². The molecule has 2 N–H and O–H groups in total. The van der Waals surface area contributed by atoms with Gasteiger partial charge >= 0.3 is 0 Å². The van der Waals surface area contributed by atoms with Crippen molar-refractivity contribution in [2.75, 3.05) is 18.8 Å². The highest BCUT2D eigenvalue weighted by Gasteiger charge is 2.22. The summed E-state index contributed by atoms with van der Waals surface area (Å²) in [4.78, 5) is 13.7. The number of rotatable bonds is 1. The Morgan fingerprint density at radius 3 is 2.59 bits per heavy atom. The third-order valence-corrected chi connectivity index (χ3v) is 2.68. The second-order valence-electron chi connectivity index (χ2n) is 4.26. The zero-order chi connectivity index (χ0) is 12.8. The van der Waals surface area contributed by atoms with Gasteiger partial charge in [0.25, 0.3) is 5.91 Å². The van der Waals surface area contributed by atoms with Crippen molar-refractivity contribution in [1.29, 1.82) is 0 Å². The molecule has 1 aliphatic heterocycles. The van der Waals surface area contributed by atoms with Crippen molar-refractivity contribution in [3.8, 4) is 0 Å². The molecule has 0 saturated carbocycles. The lowest BCUT2D eigenvalue weighted by molar-refractivity contribution is 0.0749. The fraction of sp³-hybridized carbons (Fsp3) is 0.500. The number of nitrogens with two attached hydrogens (primary N) is 1. The van der Waals surface area contributed by atoms with Crippen LogP contribution in [0, 0.1) is 0 Å². The number of carbonyl (C=O) groups excluding carboxylic acids is 1. The lowest BCUT2D eigenvalue weighted by atomic mass is 9.98. The van der Waals surface area contributed by atoms with Crippen molar-refractivity contribution in [2.24, 2.45) is 0 Å². The molecule has 0 aromatic heterocycles. The van der Waals surface area contributed by atoms with E-state index in [1.807, 2.05) is 24.0 Å².